The quantitative estimate of drug-likeness (QED) is 0.791. The molecule has 1 aromatic rings. The van der Waals surface area contributed by atoms with Crippen molar-refractivity contribution < 1.29 is 0 Å². The Balaban J connectivity index is 2.11. The van der Waals surface area contributed by atoms with Crippen LogP contribution in [0, 0.1) is 0 Å². The Bertz CT molecular complexity index is 283. The lowest BCUT2D eigenvalue weighted by atomic mass is 10.1. The van der Waals surface area contributed by atoms with Crippen molar-refractivity contribution in [3.8, 4) is 0 Å². The van der Waals surface area contributed by atoms with E-state index in [0.717, 1.165) is 6.54 Å². The monoisotopic (exact) mass is 224 g/mol. The van der Waals surface area contributed by atoms with Gasteiger partial charge in [0, 0.05) is 12.6 Å². The lowest BCUT2D eigenvalue weighted by molar-refractivity contribution is 0.247. The molecule has 0 aromatic heterocycles. The Morgan fingerprint density at radius 3 is 2.47 bits per heavy atom. The van der Waals surface area contributed by atoms with Crippen LogP contribution in [0.1, 0.15) is 24.4 Å². The Kier molecular flexibility index (Phi) is 4.01. The zero-order valence-electron chi connectivity index (χ0n) is 8.82. The minimum atomic E-state index is 0.422. The molecular weight excluding hydrogens is 208 g/mol. The molecule has 1 atom stereocenters. The van der Waals surface area contributed by atoms with Gasteiger partial charge in [-0.3, -0.25) is 4.90 Å². The first-order valence-electron chi connectivity index (χ1n) is 5.54. The Labute approximate surface area is 96.3 Å². The first kappa shape index (κ1) is 10.9. The SMILES string of the molecule is ClNCC(c1ccccc1)N1CCCC1. The Morgan fingerprint density at radius 2 is 1.87 bits per heavy atom. The van der Waals surface area contributed by atoms with Crippen LogP contribution >= 0.6 is 11.8 Å². The number of halogens is 1. The van der Waals surface area contributed by atoms with Crippen molar-refractivity contribution in [1.29, 1.82) is 0 Å². The molecule has 1 aliphatic rings. The maximum atomic E-state index is 5.65. The number of hydrogen-bond donors (Lipinski definition) is 1. The highest BCUT2D eigenvalue weighted by molar-refractivity contribution is 6.13. The molecule has 15 heavy (non-hydrogen) atoms. The first-order chi connectivity index (χ1) is 7.42. The summed E-state index contributed by atoms with van der Waals surface area (Å²) < 4.78 is 0. The van der Waals surface area contributed by atoms with E-state index in [0.29, 0.717) is 6.04 Å². The van der Waals surface area contributed by atoms with Crippen molar-refractivity contribution >= 4 is 11.8 Å². The average molecular weight is 225 g/mol. The van der Waals surface area contributed by atoms with Gasteiger partial charge >= 0.3 is 0 Å². The topological polar surface area (TPSA) is 15.3 Å². The van der Waals surface area contributed by atoms with E-state index in [1.54, 1.807) is 0 Å². The van der Waals surface area contributed by atoms with Crippen LogP contribution < -0.4 is 4.84 Å². The molecule has 0 amide bonds. The minimum Gasteiger partial charge on any atom is -0.295 e. The van der Waals surface area contributed by atoms with Crippen molar-refractivity contribution in [3.05, 3.63) is 35.9 Å². The molecule has 1 heterocycles. The molecule has 1 saturated heterocycles. The van der Waals surface area contributed by atoms with E-state index in [-0.39, 0.29) is 0 Å². The molecule has 2 rings (SSSR count). The highest BCUT2D eigenvalue weighted by atomic mass is 35.5. The number of nitrogens with one attached hydrogen (secondary N) is 1. The van der Waals surface area contributed by atoms with Crippen LogP contribution in [0.5, 0.6) is 0 Å². The van der Waals surface area contributed by atoms with Gasteiger partial charge in [0.15, 0.2) is 0 Å². The van der Waals surface area contributed by atoms with Crippen LogP contribution in [-0.4, -0.2) is 24.5 Å². The number of hydrogen-bond acceptors (Lipinski definition) is 2. The average Bonchev–Trinajstić information content (AvgIpc) is 2.80. The second kappa shape index (κ2) is 5.50. The van der Waals surface area contributed by atoms with E-state index in [9.17, 15) is 0 Å². The van der Waals surface area contributed by atoms with Gasteiger partial charge in [0.05, 0.1) is 0 Å². The van der Waals surface area contributed by atoms with Crippen molar-refractivity contribution in [2.45, 2.75) is 18.9 Å². The van der Waals surface area contributed by atoms with Gasteiger partial charge in [0.1, 0.15) is 0 Å². The molecule has 0 aliphatic carbocycles. The van der Waals surface area contributed by atoms with E-state index < -0.39 is 0 Å². The Hall–Kier alpha value is -0.570. The molecule has 1 unspecified atom stereocenters. The molecular formula is C12H17ClN2. The number of rotatable bonds is 4. The number of likely N-dealkylation sites (tertiary alicyclic amines) is 1. The summed E-state index contributed by atoms with van der Waals surface area (Å²) in [6.07, 6.45) is 2.62. The number of nitrogens with zero attached hydrogens (tertiary/aromatic N) is 1. The molecule has 1 N–H and O–H groups in total. The predicted octanol–water partition coefficient (Wildman–Crippen LogP) is 2.57. The van der Waals surface area contributed by atoms with Gasteiger partial charge in [-0.25, -0.2) is 4.84 Å². The van der Waals surface area contributed by atoms with E-state index in [4.69, 9.17) is 11.8 Å². The summed E-state index contributed by atoms with van der Waals surface area (Å²) in [4.78, 5) is 5.28. The highest BCUT2D eigenvalue weighted by Crippen LogP contribution is 2.24. The normalized spacial score (nSPS) is 19.3. The van der Waals surface area contributed by atoms with Crippen LogP contribution in [-0.2, 0) is 0 Å². The third kappa shape index (κ3) is 2.71. The first-order valence-corrected chi connectivity index (χ1v) is 5.92. The predicted molar refractivity (Wildman–Crippen MR) is 63.8 cm³/mol. The molecule has 3 heteroatoms. The summed E-state index contributed by atoms with van der Waals surface area (Å²) in [5.41, 5.74) is 1.35. The molecule has 0 bridgehead atoms. The minimum absolute atomic E-state index is 0.422. The summed E-state index contributed by atoms with van der Waals surface area (Å²) in [6, 6.07) is 11.0. The van der Waals surface area contributed by atoms with Crippen molar-refractivity contribution in [2.24, 2.45) is 0 Å². The lowest BCUT2D eigenvalue weighted by Crippen LogP contribution is -2.31. The van der Waals surface area contributed by atoms with Gasteiger partial charge in [-0.2, -0.15) is 0 Å². The molecule has 0 spiro atoms. The maximum Gasteiger partial charge on any atom is 0.0485 e. The molecule has 1 aliphatic heterocycles. The smallest absolute Gasteiger partial charge is 0.0485 e. The zero-order valence-corrected chi connectivity index (χ0v) is 9.58. The van der Waals surface area contributed by atoms with Crippen LogP contribution in [0.3, 0.4) is 0 Å². The molecule has 0 saturated carbocycles. The maximum absolute atomic E-state index is 5.65. The summed E-state index contributed by atoms with van der Waals surface area (Å²) in [5, 5.41) is 0. The number of benzene rings is 1. The van der Waals surface area contributed by atoms with Gasteiger partial charge in [0.25, 0.3) is 0 Å². The van der Waals surface area contributed by atoms with Crippen LogP contribution in [0.2, 0.25) is 0 Å². The van der Waals surface area contributed by atoms with Gasteiger partial charge < -0.3 is 0 Å². The van der Waals surface area contributed by atoms with Gasteiger partial charge in [-0.05, 0) is 43.3 Å². The van der Waals surface area contributed by atoms with E-state index in [1.807, 2.05) is 0 Å². The summed E-state index contributed by atoms with van der Waals surface area (Å²) in [5.74, 6) is 0. The van der Waals surface area contributed by atoms with Gasteiger partial charge in [-0.1, -0.05) is 30.3 Å². The zero-order chi connectivity index (χ0) is 10.5. The van der Waals surface area contributed by atoms with E-state index in [2.05, 4.69) is 40.1 Å². The van der Waals surface area contributed by atoms with E-state index in [1.165, 1.54) is 31.5 Å². The second-order valence-electron chi connectivity index (χ2n) is 4.01. The third-order valence-electron chi connectivity index (χ3n) is 3.04. The molecule has 1 fully saturated rings. The summed E-state index contributed by atoms with van der Waals surface area (Å²) >= 11 is 5.65. The van der Waals surface area contributed by atoms with Crippen molar-refractivity contribution in [1.82, 2.24) is 9.74 Å². The highest BCUT2D eigenvalue weighted by Gasteiger charge is 2.22. The summed E-state index contributed by atoms with van der Waals surface area (Å²) in [6.45, 7) is 3.20. The van der Waals surface area contributed by atoms with Crippen molar-refractivity contribution in [2.75, 3.05) is 19.6 Å². The fourth-order valence-corrected chi connectivity index (χ4v) is 2.41. The molecule has 1 aromatic carbocycles. The third-order valence-corrected chi connectivity index (χ3v) is 3.19. The second-order valence-corrected chi connectivity index (χ2v) is 4.27. The fourth-order valence-electron chi connectivity index (χ4n) is 2.26. The molecule has 82 valence electrons. The van der Waals surface area contributed by atoms with Gasteiger partial charge in [-0.15, -0.1) is 0 Å². The van der Waals surface area contributed by atoms with Gasteiger partial charge in [0.2, 0.25) is 0 Å². The molecule has 2 nitrogen and oxygen atoms in total. The van der Waals surface area contributed by atoms with Crippen LogP contribution in [0.15, 0.2) is 30.3 Å². The van der Waals surface area contributed by atoms with Crippen LogP contribution in [0.4, 0.5) is 0 Å². The van der Waals surface area contributed by atoms with E-state index >= 15 is 0 Å². The molecule has 0 radical (unpaired) electrons. The Morgan fingerprint density at radius 1 is 1.20 bits per heavy atom. The van der Waals surface area contributed by atoms with Crippen molar-refractivity contribution in [3.63, 3.8) is 0 Å². The largest absolute Gasteiger partial charge is 0.295 e. The van der Waals surface area contributed by atoms with Crippen LogP contribution in [0.25, 0.3) is 0 Å². The standard InChI is InChI=1S/C12H17ClN2/c13-14-10-12(15-8-4-5-9-15)11-6-2-1-3-7-11/h1-3,6-7,12,14H,4-5,8-10H2. The fraction of sp³-hybridized carbons (Fsp3) is 0.500. The lowest BCUT2D eigenvalue weighted by Gasteiger charge is -2.27. The summed E-state index contributed by atoms with van der Waals surface area (Å²) in [7, 11) is 0.